The molecule has 0 bridgehead atoms. The number of ether oxygens (including phenoxy) is 2. The van der Waals surface area contributed by atoms with Crippen molar-refractivity contribution in [1.82, 2.24) is 19.4 Å². The summed E-state index contributed by atoms with van der Waals surface area (Å²) < 4.78 is 12.5. The fourth-order valence-corrected chi connectivity index (χ4v) is 5.94. The van der Waals surface area contributed by atoms with Crippen molar-refractivity contribution in [1.29, 1.82) is 0 Å². The summed E-state index contributed by atoms with van der Waals surface area (Å²) in [5.41, 5.74) is 2.22. The molecule has 0 atom stereocenters. The Morgan fingerprint density at radius 3 is 2.36 bits per heavy atom. The van der Waals surface area contributed by atoms with E-state index in [0.717, 1.165) is 31.5 Å². The monoisotopic (exact) mass is 634 g/mol. The Morgan fingerprint density at radius 2 is 1.75 bits per heavy atom. The average molecular weight is 636 g/mol. The number of aromatic nitrogens is 3. The lowest BCUT2D eigenvalue weighted by Gasteiger charge is -2.29. The van der Waals surface area contributed by atoms with Crippen LogP contribution in [0.3, 0.4) is 0 Å². The van der Waals surface area contributed by atoms with Crippen LogP contribution in [0.4, 0.5) is 11.6 Å². The average Bonchev–Trinajstić information content (AvgIpc) is 3.03. The predicted octanol–water partition coefficient (Wildman–Crippen LogP) is 5.10. The third kappa shape index (κ3) is 6.60. The highest BCUT2D eigenvalue weighted by Gasteiger charge is 2.24. The smallest absolute Gasteiger partial charge is 0.300 e. The van der Waals surface area contributed by atoms with Crippen molar-refractivity contribution >= 4 is 51.8 Å². The summed E-state index contributed by atoms with van der Waals surface area (Å²) in [5.74, 6) is 2.60. The zero-order valence-electron chi connectivity index (χ0n) is 24.6. The minimum atomic E-state index is -0.525. The molecule has 4 aromatic rings. The minimum Gasteiger partial charge on any atom is -0.495 e. The van der Waals surface area contributed by atoms with Gasteiger partial charge in [-0.05, 0) is 69.1 Å². The number of hydrogen-bond acceptors (Lipinski definition) is 8. The van der Waals surface area contributed by atoms with Crippen LogP contribution in [-0.4, -0.2) is 65.7 Å². The van der Waals surface area contributed by atoms with Crippen molar-refractivity contribution in [2.75, 3.05) is 45.0 Å². The summed E-state index contributed by atoms with van der Waals surface area (Å²) >= 11 is 13.5. The molecule has 12 heteroatoms. The number of aryl methyl sites for hydroxylation is 2. The third-order valence-electron chi connectivity index (χ3n) is 7.69. The number of halogens is 2. The highest BCUT2D eigenvalue weighted by atomic mass is 35.5. The molecule has 3 heterocycles. The van der Waals surface area contributed by atoms with Gasteiger partial charge >= 0.3 is 0 Å². The Bertz CT molecular complexity index is 1770. The van der Waals surface area contributed by atoms with E-state index in [1.807, 2.05) is 18.1 Å². The first-order chi connectivity index (χ1) is 21.2. The number of anilines is 2. The predicted molar refractivity (Wildman–Crippen MR) is 174 cm³/mol. The van der Waals surface area contributed by atoms with Crippen LogP contribution in [-0.2, 0) is 17.8 Å². The van der Waals surface area contributed by atoms with Crippen LogP contribution in [0.15, 0.2) is 47.4 Å². The number of benzene rings is 2. The Balaban J connectivity index is 1.58. The zero-order chi connectivity index (χ0) is 31.4. The largest absolute Gasteiger partial charge is 0.495 e. The van der Waals surface area contributed by atoms with Crippen molar-refractivity contribution < 1.29 is 14.3 Å². The van der Waals surface area contributed by atoms with E-state index in [0.29, 0.717) is 52.7 Å². The summed E-state index contributed by atoms with van der Waals surface area (Å²) in [7, 11) is 5.07. The van der Waals surface area contributed by atoms with Crippen LogP contribution < -0.4 is 25.7 Å². The summed E-state index contributed by atoms with van der Waals surface area (Å²) in [5, 5.41) is 7.08. The topological polar surface area (TPSA) is 111 Å². The Labute approximate surface area is 265 Å². The van der Waals surface area contributed by atoms with Crippen molar-refractivity contribution in [2.24, 2.45) is 0 Å². The maximum absolute atomic E-state index is 14.3. The number of pyridine rings is 1. The summed E-state index contributed by atoms with van der Waals surface area (Å²) in [6.45, 7) is 2.26. The van der Waals surface area contributed by atoms with Gasteiger partial charge in [-0.3, -0.25) is 14.2 Å². The third-order valence-corrected chi connectivity index (χ3v) is 8.44. The number of piperidine rings is 1. The number of nitrogens with one attached hydrogen (secondary N) is 2. The summed E-state index contributed by atoms with van der Waals surface area (Å²) in [6, 6.07) is 10.8. The van der Waals surface area contributed by atoms with Gasteiger partial charge in [0, 0.05) is 41.5 Å². The molecule has 0 unspecified atom stereocenters. The molecule has 5 rings (SSSR count). The molecular weight excluding hydrogens is 603 g/mol. The second-order valence-corrected chi connectivity index (χ2v) is 11.3. The van der Waals surface area contributed by atoms with Crippen molar-refractivity contribution in [2.45, 2.75) is 31.8 Å². The van der Waals surface area contributed by atoms with E-state index in [-0.39, 0.29) is 27.2 Å². The molecule has 2 N–H and O–H groups in total. The normalized spacial score (nSPS) is 13.8. The van der Waals surface area contributed by atoms with E-state index in [4.69, 9.17) is 44.1 Å². The van der Waals surface area contributed by atoms with Crippen molar-refractivity contribution in [3.63, 3.8) is 0 Å². The van der Waals surface area contributed by atoms with Crippen LogP contribution in [0, 0.1) is 12.3 Å². The number of methoxy groups -OCH3 is 2. The van der Waals surface area contributed by atoms with Crippen LogP contribution >= 0.6 is 23.2 Å². The van der Waals surface area contributed by atoms with Gasteiger partial charge in [-0.2, -0.15) is 4.98 Å². The highest BCUT2D eigenvalue weighted by molar-refractivity contribution is 6.41. The number of fused-ring (bicyclic) bond motifs is 1. The first-order valence-electron chi connectivity index (χ1n) is 14.0. The first kappa shape index (κ1) is 31.1. The zero-order valence-corrected chi connectivity index (χ0v) is 26.1. The Kier molecular flexibility index (Phi) is 9.59. The maximum atomic E-state index is 14.3. The maximum Gasteiger partial charge on any atom is 0.300 e. The molecule has 1 fully saturated rings. The van der Waals surface area contributed by atoms with Gasteiger partial charge in [0.15, 0.2) is 0 Å². The molecule has 1 saturated heterocycles. The summed E-state index contributed by atoms with van der Waals surface area (Å²) in [6.07, 6.45) is 9.28. The van der Waals surface area contributed by atoms with Gasteiger partial charge < -0.3 is 25.0 Å². The molecule has 2 aromatic carbocycles. The fraction of sp³-hybridized carbons (Fsp3) is 0.312. The molecule has 10 nitrogen and oxygen atoms in total. The molecule has 1 aliphatic heterocycles. The van der Waals surface area contributed by atoms with Gasteiger partial charge in [-0.1, -0.05) is 35.3 Å². The number of terminal acetylenes is 1. The van der Waals surface area contributed by atoms with Gasteiger partial charge in [0.2, 0.25) is 5.95 Å². The van der Waals surface area contributed by atoms with Crippen LogP contribution in [0.2, 0.25) is 10.0 Å². The fourth-order valence-electron chi connectivity index (χ4n) is 5.24. The number of hydrogen-bond donors (Lipinski definition) is 2. The molecule has 0 aliphatic carbocycles. The number of amides is 1. The van der Waals surface area contributed by atoms with Crippen molar-refractivity contribution in [3.05, 3.63) is 68.6 Å². The molecular formula is C32H32Cl2N6O4. The lowest BCUT2D eigenvalue weighted by molar-refractivity contribution is -0.111. The molecule has 0 radical (unpaired) electrons. The van der Waals surface area contributed by atoms with Gasteiger partial charge in [-0.25, -0.2) is 4.98 Å². The molecule has 1 amide bonds. The van der Waals surface area contributed by atoms with Crippen LogP contribution in [0.25, 0.3) is 22.2 Å². The molecule has 44 heavy (non-hydrogen) atoms. The van der Waals surface area contributed by atoms with Gasteiger partial charge in [0.1, 0.15) is 17.1 Å². The first-order valence-corrected chi connectivity index (χ1v) is 14.8. The van der Waals surface area contributed by atoms with Gasteiger partial charge in [-0.15, -0.1) is 6.42 Å². The number of likely N-dealkylation sites (tertiary alicyclic amines) is 1. The van der Waals surface area contributed by atoms with Crippen LogP contribution in [0.1, 0.15) is 18.4 Å². The molecule has 2 aromatic heterocycles. The molecule has 0 saturated carbocycles. The molecule has 1 aliphatic rings. The van der Waals surface area contributed by atoms with E-state index in [1.54, 1.807) is 35.0 Å². The minimum absolute atomic E-state index is 0.187. The summed E-state index contributed by atoms with van der Waals surface area (Å²) in [4.78, 5) is 37.5. The quantitative estimate of drug-likeness (QED) is 0.245. The van der Waals surface area contributed by atoms with E-state index in [1.165, 1.54) is 14.2 Å². The number of nitrogens with zero attached hydrogens (tertiary/aromatic N) is 4. The lowest BCUT2D eigenvalue weighted by Crippen LogP contribution is -2.37. The van der Waals surface area contributed by atoms with E-state index in [2.05, 4.69) is 27.6 Å². The van der Waals surface area contributed by atoms with E-state index in [9.17, 15) is 9.59 Å². The van der Waals surface area contributed by atoms with E-state index < -0.39 is 5.91 Å². The standard InChI is InChI=1S/C32H32Cl2N6O4/c1-5-26(41)36-21-8-6-19(7-9-21)10-15-40-30-20(18-35-32(38-30)37-22-11-13-39(2)14-12-22)16-23(31(40)42)27-28(33)24(43-3)17-25(44-4)29(27)34/h1,6-9,16-18,22H,10-15H2,2-4H3,(H,36,41)(H,35,37,38). The Hall–Kier alpha value is -4.30. The van der Waals surface area contributed by atoms with Gasteiger partial charge in [0.25, 0.3) is 11.5 Å². The van der Waals surface area contributed by atoms with Crippen LogP contribution in [0.5, 0.6) is 11.5 Å². The molecule has 228 valence electrons. The van der Waals surface area contributed by atoms with E-state index >= 15 is 0 Å². The lowest BCUT2D eigenvalue weighted by atomic mass is 10.0. The van der Waals surface area contributed by atoms with Crippen molar-refractivity contribution in [3.8, 4) is 35.0 Å². The number of carbonyl (C=O) groups is 1. The number of rotatable bonds is 9. The number of carbonyl (C=O) groups excluding carboxylic acids is 1. The second-order valence-electron chi connectivity index (χ2n) is 10.5. The SMILES string of the molecule is C#CC(=O)Nc1ccc(CCn2c(=O)c(-c3c(Cl)c(OC)cc(OC)c3Cl)cc3cnc(NC4CCN(C)CC4)nc32)cc1. The Morgan fingerprint density at radius 1 is 1.09 bits per heavy atom. The second kappa shape index (κ2) is 13.6. The highest BCUT2D eigenvalue weighted by Crippen LogP contribution is 2.45. The van der Waals surface area contributed by atoms with Gasteiger partial charge in [0.05, 0.1) is 29.8 Å². The molecule has 0 spiro atoms.